The molecule has 0 aliphatic heterocycles. The molecule has 0 radical (unpaired) electrons. The van der Waals surface area contributed by atoms with Crippen LogP contribution in [0.4, 0.5) is 0 Å². The summed E-state index contributed by atoms with van der Waals surface area (Å²) in [6.45, 7) is 4.38. The lowest BCUT2D eigenvalue weighted by Crippen LogP contribution is -2.13. The molecule has 1 fully saturated rings. The molecule has 0 spiro atoms. The summed E-state index contributed by atoms with van der Waals surface area (Å²) in [7, 11) is 0. The lowest BCUT2D eigenvalue weighted by molar-refractivity contribution is 0.303. The minimum atomic E-state index is 0.721. The van der Waals surface area contributed by atoms with E-state index in [2.05, 4.69) is 74.5 Å². The van der Waals surface area contributed by atoms with E-state index in [1.54, 1.807) is 5.56 Å². The second-order valence-electron chi connectivity index (χ2n) is 10.3. The fraction of sp³-hybridized carbons (Fsp3) is 0.424. The van der Waals surface area contributed by atoms with Crippen LogP contribution in [0, 0.1) is 24.2 Å². The first kappa shape index (κ1) is 24.3. The Kier molecular flexibility index (Phi) is 8.59. The van der Waals surface area contributed by atoms with Crippen molar-refractivity contribution in [2.75, 3.05) is 0 Å². The highest BCUT2D eigenvalue weighted by molar-refractivity contribution is 5.68. The molecule has 3 aromatic rings. The highest BCUT2D eigenvalue weighted by Crippen LogP contribution is 2.37. The predicted octanol–water partition coefficient (Wildman–Crippen LogP) is 9.17. The number of hydrogen-bond acceptors (Lipinski definition) is 1. The number of nitriles is 1. The number of unbranched alkanes of at least 4 members (excludes halogenated alkanes) is 2. The van der Waals surface area contributed by atoms with Gasteiger partial charge in [-0.3, -0.25) is 0 Å². The zero-order valence-corrected chi connectivity index (χ0v) is 21.0. The van der Waals surface area contributed by atoms with Crippen LogP contribution in [0.3, 0.4) is 0 Å². The molecule has 3 aromatic carbocycles. The molecule has 176 valence electrons. The van der Waals surface area contributed by atoms with Crippen LogP contribution in [-0.2, 0) is 12.8 Å². The predicted molar refractivity (Wildman–Crippen MR) is 144 cm³/mol. The largest absolute Gasteiger partial charge is 0.192 e. The van der Waals surface area contributed by atoms with Crippen LogP contribution in [0.15, 0.2) is 66.7 Å². The summed E-state index contributed by atoms with van der Waals surface area (Å²) >= 11 is 0. The van der Waals surface area contributed by atoms with Crippen molar-refractivity contribution in [2.45, 2.75) is 84.0 Å². The molecule has 0 atom stereocenters. The zero-order valence-electron chi connectivity index (χ0n) is 21.0. The normalized spacial score (nSPS) is 17.9. The van der Waals surface area contributed by atoms with Gasteiger partial charge in [-0.1, -0.05) is 87.2 Å². The molecule has 4 rings (SSSR count). The molecular formula is C33H39N. The summed E-state index contributed by atoms with van der Waals surface area (Å²) in [6.07, 6.45) is 13.4. The standard InChI is InChI=1S/C33H39N/c1-3-4-5-6-26-9-16-30(17-10-26)31-18-11-27(12-19-31)7-8-28-13-20-32(21-14-28)33-22-15-29(24-34)23-25(33)2/h11-15,18-23,26,30H,3-10,16-17H2,1-2H3/t26-,30-. The third-order valence-corrected chi connectivity index (χ3v) is 7.84. The maximum atomic E-state index is 9.09. The van der Waals surface area contributed by atoms with E-state index in [1.165, 1.54) is 73.6 Å². The van der Waals surface area contributed by atoms with Crippen LogP contribution in [0.5, 0.6) is 0 Å². The molecule has 1 saturated carbocycles. The van der Waals surface area contributed by atoms with Gasteiger partial charge in [-0.2, -0.15) is 5.26 Å². The second kappa shape index (κ2) is 12.0. The number of aryl methyl sites for hydroxylation is 3. The van der Waals surface area contributed by atoms with Gasteiger partial charge >= 0.3 is 0 Å². The molecule has 34 heavy (non-hydrogen) atoms. The van der Waals surface area contributed by atoms with E-state index >= 15 is 0 Å². The SMILES string of the molecule is CCCCC[C@H]1CC[C@H](c2ccc(CCc3ccc(-c4ccc(C#N)cc4C)cc3)cc2)CC1. The van der Waals surface area contributed by atoms with Gasteiger partial charge in [0.15, 0.2) is 0 Å². The van der Waals surface area contributed by atoms with Gasteiger partial charge in [0, 0.05) is 0 Å². The topological polar surface area (TPSA) is 23.8 Å². The molecule has 0 aromatic heterocycles. The minimum absolute atomic E-state index is 0.721. The molecular weight excluding hydrogens is 410 g/mol. The van der Waals surface area contributed by atoms with Crippen LogP contribution in [0.2, 0.25) is 0 Å². The third kappa shape index (κ3) is 6.38. The van der Waals surface area contributed by atoms with Crippen molar-refractivity contribution in [1.29, 1.82) is 5.26 Å². The Hall–Kier alpha value is -2.85. The highest BCUT2D eigenvalue weighted by atomic mass is 14.3. The van der Waals surface area contributed by atoms with Gasteiger partial charge in [0.05, 0.1) is 11.6 Å². The quantitative estimate of drug-likeness (QED) is 0.299. The Bertz CT molecular complexity index is 1080. The lowest BCUT2D eigenvalue weighted by Gasteiger charge is -2.29. The second-order valence-corrected chi connectivity index (χ2v) is 10.3. The summed E-state index contributed by atoms with van der Waals surface area (Å²) in [6, 6.07) is 26.6. The van der Waals surface area contributed by atoms with Gasteiger partial charge in [0.1, 0.15) is 0 Å². The first-order valence-corrected chi connectivity index (χ1v) is 13.3. The third-order valence-electron chi connectivity index (χ3n) is 7.84. The number of benzene rings is 3. The molecule has 0 N–H and O–H groups in total. The summed E-state index contributed by atoms with van der Waals surface area (Å²) < 4.78 is 0. The van der Waals surface area contributed by atoms with Crippen molar-refractivity contribution < 1.29 is 0 Å². The maximum absolute atomic E-state index is 9.09. The van der Waals surface area contributed by atoms with Gasteiger partial charge in [-0.15, -0.1) is 0 Å². The molecule has 0 heterocycles. The Balaban J connectivity index is 1.27. The first-order valence-electron chi connectivity index (χ1n) is 13.3. The highest BCUT2D eigenvalue weighted by Gasteiger charge is 2.21. The van der Waals surface area contributed by atoms with Crippen LogP contribution >= 0.6 is 0 Å². The summed E-state index contributed by atoms with van der Waals surface area (Å²) in [4.78, 5) is 0. The van der Waals surface area contributed by atoms with Gasteiger partial charge in [0.2, 0.25) is 0 Å². The molecule has 0 bridgehead atoms. The monoisotopic (exact) mass is 449 g/mol. The van der Waals surface area contributed by atoms with Crippen LogP contribution in [0.25, 0.3) is 11.1 Å². The maximum Gasteiger partial charge on any atom is 0.0991 e. The van der Waals surface area contributed by atoms with E-state index in [-0.39, 0.29) is 0 Å². The van der Waals surface area contributed by atoms with Crippen LogP contribution < -0.4 is 0 Å². The van der Waals surface area contributed by atoms with Gasteiger partial charge in [-0.25, -0.2) is 0 Å². The molecule has 1 heteroatoms. The summed E-state index contributed by atoms with van der Waals surface area (Å²) in [5.41, 5.74) is 8.66. The lowest BCUT2D eigenvalue weighted by atomic mass is 9.77. The first-order chi connectivity index (χ1) is 16.7. The minimum Gasteiger partial charge on any atom is -0.192 e. The number of hydrogen-bond donors (Lipinski definition) is 0. The fourth-order valence-electron chi connectivity index (χ4n) is 5.62. The van der Waals surface area contributed by atoms with Crippen molar-refractivity contribution in [3.8, 4) is 17.2 Å². The van der Waals surface area contributed by atoms with E-state index in [9.17, 15) is 0 Å². The van der Waals surface area contributed by atoms with Gasteiger partial charge < -0.3 is 0 Å². The molecule has 0 saturated heterocycles. The Labute approximate surface area is 206 Å². The summed E-state index contributed by atoms with van der Waals surface area (Å²) in [5.74, 6) is 1.75. The van der Waals surface area contributed by atoms with Crippen molar-refractivity contribution >= 4 is 0 Å². The number of nitrogens with zero attached hydrogens (tertiary/aromatic N) is 1. The molecule has 1 nitrogen and oxygen atoms in total. The van der Waals surface area contributed by atoms with Crippen LogP contribution in [0.1, 0.15) is 92.0 Å². The average Bonchev–Trinajstić information content (AvgIpc) is 2.89. The van der Waals surface area contributed by atoms with E-state index < -0.39 is 0 Å². The van der Waals surface area contributed by atoms with Gasteiger partial charge in [0.25, 0.3) is 0 Å². The van der Waals surface area contributed by atoms with E-state index in [4.69, 9.17) is 5.26 Å². The number of rotatable bonds is 9. The van der Waals surface area contributed by atoms with Crippen LogP contribution in [-0.4, -0.2) is 0 Å². The Morgan fingerprint density at radius 1 is 0.794 bits per heavy atom. The van der Waals surface area contributed by atoms with Crippen molar-refractivity contribution in [2.24, 2.45) is 5.92 Å². The Morgan fingerprint density at radius 2 is 1.44 bits per heavy atom. The molecule has 0 unspecified atom stereocenters. The fourth-order valence-corrected chi connectivity index (χ4v) is 5.62. The van der Waals surface area contributed by atoms with E-state index in [0.717, 1.165) is 35.8 Å². The van der Waals surface area contributed by atoms with Crippen molar-refractivity contribution in [3.05, 3.63) is 94.5 Å². The molecule has 1 aliphatic carbocycles. The molecule has 1 aliphatic rings. The van der Waals surface area contributed by atoms with E-state index in [1.807, 2.05) is 12.1 Å². The van der Waals surface area contributed by atoms with Crippen molar-refractivity contribution in [1.82, 2.24) is 0 Å². The summed E-state index contributed by atoms with van der Waals surface area (Å²) in [5, 5.41) is 9.09. The van der Waals surface area contributed by atoms with Crippen molar-refractivity contribution in [3.63, 3.8) is 0 Å². The van der Waals surface area contributed by atoms with E-state index in [0.29, 0.717) is 0 Å². The Morgan fingerprint density at radius 3 is 2.03 bits per heavy atom. The molecule has 0 amide bonds. The smallest absolute Gasteiger partial charge is 0.0991 e. The van der Waals surface area contributed by atoms with Gasteiger partial charge in [-0.05, 0) is 103 Å². The average molecular weight is 450 g/mol. The zero-order chi connectivity index (χ0) is 23.8.